The Labute approximate surface area is 111 Å². The monoisotopic (exact) mass is 262 g/mol. The molecule has 0 amide bonds. The summed E-state index contributed by atoms with van der Waals surface area (Å²) >= 11 is 5.92. The Bertz CT molecular complexity index is 516. The number of hydrogen-bond acceptors (Lipinski definition) is 4. The third kappa shape index (κ3) is 3.17. The van der Waals surface area contributed by atoms with Crippen molar-refractivity contribution in [3.63, 3.8) is 0 Å². The highest BCUT2D eigenvalue weighted by molar-refractivity contribution is 6.28. The topological polar surface area (TPSA) is 50.7 Å². The molecule has 1 N–H and O–H groups in total. The Morgan fingerprint density at radius 3 is 2.56 bits per heavy atom. The molecule has 1 heterocycles. The fraction of sp³-hybridized carbons (Fsp3) is 0.308. The summed E-state index contributed by atoms with van der Waals surface area (Å²) in [6, 6.07) is 10.0. The van der Waals surface area contributed by atoms with E-state index in [0.29, 0.717) is 17.8 Å². The first-order valence-electron chi connectivity index (χ1n) is 5.92. The molecular formula is C13H15ClN4. The number of aromatic nitrogens is 3. The van der Waals surface area contributed by atoms with E-state index >= 15 is 0 Å². The van der Waals surface area contributed by atoms with E-state index < -0.39 is 0 Å². The molecule has 18 heavy (non-hydrogen) atoms. The summed E-state index contributed by atoms with van der Waals surface area (Å²) in [7, 11) is 0. The molecule has 0 spiro atoms. The van der Waals surface area contributed by atoms with Gasteiger partial charge in [-0.15, -0.1) is 0 Å². The van der Waals surface area contributed by atoms with Crippen LogP contribution in [0.3, 0.4) is 0 Å². The van der Waals surface area contributed by atoms with Crippen LogP contribution in [0.5, 0.6) is 0 Å². The normalized spacial score (nSPS) is 12.2. The molecule has 1 aromatic carbocycles. The first kappa shape index (κ1) is 12.8. The van der Waals surface area contributed by atoms with E-state index in [-0.39, 0.29) is 5.28 Å². The average Bonchev–Trinajstić information content (AvgIpc) is 2.39. The minimum absolute atomic E-state index is 0.203. The lowest BCUT2D eigenvalue weighted by molar-refractivity contribution is 0.751. The van der Waals surface area contributed by atoms with E-state index in [4.69, 9.17) is 11.6 Å². The Balaban J connectivity index is 2.32. The molecule has 4 nitrogen and oxygen atoms in total. The lowest BCUT2D eigenvalue weighted by Gasteiger charge is -2.11. The summed E-state index contributed by atoms with van der Waals surface area (Å²) < 4.78 is 0. The minimum atomic E-state index is 0.203. The van der Waals surface area contributed by atoms with Crippen molar-refractivity contribution in [2.75, 3.05) is 5.32 Å². The third-order valence-corrected chi connectivity index (χ3v) is 2.80. The predicted octanol–water partition coefficient (Wildman–Crippen LogP) is 3.40. The van der Waals surface area contributed by atoms with Gasteiger partial charge >= 0.3 is 0 Å². The number of anilines is 1. The fourth-order valence-corrected chi connectivity index (χ4v) is 1.61. The highest BCUT2D eigenvalue weighted by Gasteiger charge is 2.08. The van der Waals surface area contributed by atoms with Crippen molar-refractivity contribution in [2.45, 2.75) is 26.3 Å². The Kier molecular flexibility index (Phi) is 4.10. The summed E-state index contributed by atoms with van der Waals surface area (Å²) in [6.45, 7) is 4.17. The molecule has 1 unspecified atom stereocenters. The maximum Gasteiger partial charge on any atom is 0.227 e. The standard InChI is InChI=1S/C13H15ClN4/c1-3-9(2)15-13-17-11(16-12(14)18-13)10-7-5-4-6-8-10/h4-9H,3H2,1-2H3,(H,15,16,17,18). The van der Waals surface area contributed by atoms with Crippen molar-refractivity contribution in [1.29, 1.82) is 0 Å². The van der Waals surface area contributed by atoms with Gasteiger partial charge in [0.15, 0.2) is 5.82 Å². The zero-order valence-electron chi connectivity index (χ0n) is 10.4. The van der Waals surface area contributed by atoms with E-state index in [1.54, 1.807) is 0 Å². The quantitative estimate of drug-likeness (QED) is 0.917. The van der Waals surface area contributed by atoms with Crippen LogP contribution < -0.4 is 5.32 Å². The molecule has 0 saturated carbocycles. The number of hydrogen-bond donors (Lipinski definition) is 1. The van der Waals surface area contributed by atoms with Crippen molar-refractivity contribution in [3.05, 3.63) is 35.6 Å². The molecule has 0 radical (unpaired) electrons. The third-order valence-electron chi connectivity index (χ3n) is 2.63. The highest BCUT2D eigenvalue weighted by Crippen LogP contribution is 2.17. The smallest absolute Gasteiger partial charge is 0.227 e. The first-order valence-corrected chi connectivity index (χ1v) is 6.30. The van der Waals surface area contributed by atoms with Crippen LogP contribution in [0.1, 0.15) is 20.3 Å². The van der Waals surface area contributed by atoms with Gasteiger partial charge in [-0.05, 0) is 24.9 Å². The van der Waals surface area contributed by atoms with Crippen LogP contribution in [0.4, 0.5) is 5.95 Å². The van der Waals surface area contributed by atoms with Crippen LogP contribution in [0.15, 0.2) is 30.3 Å². The summed E-state index contributed by atoms with van der Waals surface area (Å²) in [6.07, 6.45) is 0.990. The van der Waals surface area contributed by atoms with Crippen LogP contribution in [-0.2, 0) is 0 Å². The molecule has 0 saturated heterocycles. The summed E-state index contributed by atoms with van der Waals surface area (Å²) in [4.78, 5) is 12.6. The molecule has 94 valence electrons. The number of nitrogens with zero attached hydrogens (tertiary/aromatic N) is 3. The van der Waals surface area contributed by atoms with Crippen molar-refractivity contribution >= 4 is 17.5 Å². The molecule has 0 fully saturated rings. The van der Waals surface area contributed by atoms with Gasteiger partial charge in [0.2, 0.25) is 11.2 Å². The Hall–Kier alpha value is -1.68. The van der Waals surface area contributed by atoms with Crippen LogP contribution in [0, 0.1) is 0 Å². The Morgan fingerprint density at radius 1 is 1.17 bits per heavy atom. The van der Waals surface area contributed by atoms with E-state index in [1.165, 1.54) is 0 Å². The molecule has 2 aromatic rings. The molecule has 0 aliphatic heterocycles. The molecule has 0 bridgehead atoms. The fourth-order valence-electron chi connectivity index (χ4n) is 1.45. The van der Waals surface area contributed by atoms with E-state index in [1.807, 2.05) is 30.3 Å². The molecule has 2 rings (SSSR count). The van der Waals surface area contributed by atoms with Crippen molar-refractivity contribution in [3.8, 4) is 11.4 Å². The lowest BCUT2D eigenvalue weighted by atomic mass is 10.2. The molecule has 1 atom stereocenters. The van der Waals surface area contributed by atoms with Gasteiger partial charge in [0.05, 0.1) is 0 Å². The van der Waals surface area contributed by atoms with Gasteiger partial charge in [-0.25, -0.2) is 0 Å². The van der Waals surface area contributed by atoms with Gasteiger partial charge in [0, 0.05) is 11.6 Å². The maximum absolute atomic E-state index is 5.92. The molecular weight excluding hydrogens is 248 g/mol. The zero-order valence-corrected chi connectivity index (χ0v) is 11.1. The number of halogens is 1. The van der Waals surface area contributed by atoms with Gasteiger partial charge in [-0.2, -0.15) is 15.0 Å². The SMILES string of the molecule is CCC(C)Nc1nc(Cl)nc(-c2ccccc2)n1. The molecule has 5 heteroatoms. The van der Waals surface area contributed by atoms with E-state index in [9.17, 15) is 0 Å². The largest absolute Gasteiger partial charge is 0.352 e. The Morgan fingerprint density at radius 2 is 1.89 bits per heavy atom. The van der Waals surface area contributed by atoms with Crippen molar-refractivity contribution < 1.29 is 0 Å². The van der Waals surface area contributed by atoms with Crippen LogP contribution in [0.25, 0.3) is 11.4 Å². The second kappa shape index (κ2) is 5.78. The lowest BCUT2D eigenvalue weighted by Crippen LogP contribution is -2.16. The second-order valence-corrected chi connectivity index (χ2v) is 4.41. The van der Waals surface area contributed by atoms with Gasteiger partial charge in [-0.3, -0.25) is 0 Å². The predicted molar refractivity (Wildman–Crippen MR) is 73.6 cm³/mol. The number of nitrogens with one attached hydrogen (secondary N) is 1. The summed E-state index contributed by atoms with van der Waals surface area (Å²) in [5, 5.41) is 3.40. The van der Waals surface area contributed by atoms with Gasteiger partial charge < -0.3 is 5.32 Å². The van der Waals surface area contributed by atoms with Crippen molar-refractivity contribution in [2.24, 2.45) is 0 Å². The summed E-state index contributed by atoms with van der Waals surface area (Å²) in [5.41, 5.74) is 0.925. The maximum atomic E-state index is 5.92. The minimum Gasteiger partial charge on any atom is -0.352 e. The molecule has 0 aliphatic carbocycles. The average molecular weight is 263 g/mol. The first-order chi connectivity index (χ1) is 8.69. The van der Waals surface area contributed by atoms with Gasteiger partial charge in [0.1, 0.15) is 0 Å². The van der Waals surface area contributed by atoms with Gasteiger partial charge in [-0.1, -0.05) is 37.3 Å². The van der Waals surface area contributed by atoms with E-state index in [0.717, 1.165) is 12.0 Å². The van der Waals surface area contributed by atoms with E-state index in [2.05, 4.69) is 34.1 Å². The molecule has 1 aromatic heterocycles. The van der Waals surface area contributed by atoms with Crippen LogP contribution in [0.2, 0.25) is 5.28 Å². The van der Waals surface area contributed by atoms with Crippen LogP contribution >= 0.6 is 11.6 Å². The van der Waals surface area contributed by atoms with Gasteiger partial charge in [0.25, 0.3) is 0 Å². The molecule has 0 aliphatic rings. The highest BCUT2D eigenvalue weighted by atomic mass is 35.5. The van der Waals surface area contributed by atoms with Crippen LogP contribution in [-0.4, -0.2) is 21.0 Å². The van der Waals surface area contributed by atoms with Crippen molar-refractivity contribution in [1.82, 2.24) is 15.0 Å². The number of benzene rings is 1. The second-order valence-electron chi connectivity index (χ2n) is 4.07. The number of rotatable bonds is 4. The zero-order chi connectivity index (χ0) is 13.0. The summed E-state index contributed by atoms with van der Waals surface area (Å²) in [5.74, 6) is 1.10.